The minimum Gasteiger partial charge on any atom is -0.369 e. The van der Waals surface area contributed by atoms with Gasteiger partial charge in [0.15, 0.2) is 5.82 Å². The molecule has 2 aromatic carbocycles. The summed E-state index contributed by atoms with van der Waals surface area (Å²) >= 11 is 7.68. The van der Waals surface area contributed by atoms with Gasteiger partial charge in [-0.05, 0) is 30.0 Å². The smallest absolute Gasteiger partial charge is 0.266 e. The summed E-state index contributed by atoms with van der Waals surface area (Å²) in [6.07, 6.45) is 3.14. The summed E-state index contributed by atoms with van der Waals surface area (Å²) in [5.41, 5.74) is 4.59. The fraction of sp³-hybridized carbons (Fsp3) is 0.375. The van der Waals surface area contributed by atoms with Gasteiger partial charge in [-0.3, -0.25) is 9.62 Å². The molecule has 3 aromatic rings. The first-order valence-corrected chi connectivity index (χ1v) is 14.0. The van der Waals surface area contributed by atoms with Gasteiger partial charge in [0.25, 0.3) is 10.0 Å². The molecule has 0 bridgehead atoms. The van der Waals surface area contributed by atoms with E-state index in [0.29, 0.717) is 5.69 Å². The number of nitrogens with zero attached hydrogens (tertiary/aromatic N) is 3. The second-order valence-electron chi connectivity index (χ2n) is 8.57. The third-order valence-corrected chi connectivity index (χ3v) is 8.36. The van der Waals surface area contributed by atoms with Crippen LogP contribution in [0.2, 0.25) is 5.02 Å². The lowest BCUT2D eigenvalue weighted by atomic mass is 10.1. The molecule has 2 heterocycles. The van der Waals surface area contributed by atoms with Gasteiger partial charge in [0.05, 0.1) is 16.2 Å². The van der Waals surface area contributed by atoms with Crippen molar-refractivity contribution < 1.29 is 12.8 Å². The molecule has 1 unspecified atom stereocenters. The molecule has 0 spiro atoms. The van der Waals surface area contributed by atoms with Crippen LogP contribution in [-0.4, -0.2) is 44.5 Å². The standard InChI is InChI=1S/C24H28ClFN4O2S2/c1-3-4-17-5-7-18(8-6-17)13-30-10-9-19(14-30)29(2)22-12-21(26)23(11-20(22)25)34(31,32)28-24-15-33-16-27-24/h5-8,11-12,15-16,19,28H,3-4,9-10,13-14H2,1-2H3. The molecule has 4 rings (SSSR count). The molecule has 1 aromatic heterocycles. The molecule has 0 amide bonds. The van der Waals surface area contributed by atoms with Crippen LogP contribution in [-0.2, 0) is 23.0 Å². The van der Waals surface area contributed by atoms with Crippen molar-refractivity contribution in [2.45, 2.75) is 43.7 Å². The summed E-state index contributed by atoms with van der Waals surface area (Å²) < 4.78 is 42.4. The molecular weight excluding hydrogens is 495 g/mol. The second kappa shape index (κ2) is 10.6. The number of hydrogen-bond donors (Lipinski definition) is 1. The van der Waals surface area contributed by atoms with E-state index in [1.54, 1.807) is 0 Å². The summed E-state index contributed by atoms with van der Waals surface area (Å²) in [4.78, 5) is 7.70. The summed E-state index contributed by atoms with van der Waals surface area (Å²) in [5.74, 6) is -0.705. The Morgan fingerprint density at radius 1 is 1.26 bits per heavy atom. The van der Waals surface area contributed by atoms with Crippen LogP contribution < -0.4 is 9.62 Å². The number of sulfonamides is 1. The van der Waals surface area contributed by atoms with Crippen molar-refractivity contribution in [1.29, 1.82) is 0 Å². The fourth-order valence-electron chi connectivity index (χ4n) is 4.28. The molecule has 10 heteroatoms. The fourth-order valence-corrected chi connectivity index (χ4v) is 6.28. The first-order chi connectivity index (χ1) is 16.3. The molecule has 0 radical (unpaired) electrons. The number of aromatic nitrogens is 1. The molecule has 1 N–H and O–H groups in total. The van der Waals surface area contributed by atoms with Gasteiger partial charge >= 0.3 is 0 Å². The second-order valence-corrected chi connectivity index (χ2v) is 11.3. The molecule has 34 heavy (non-hydrogen) atoms. The third kappa shape index (κ3) is 5.71. The normalized spacial score (nSPS) is 16.6. The maximum absolute atomic E-state index is 14.9. The van der Waals surface area contributed by atoms with Gasteiger partial charge in [-0.1, -0.05) is 49.2 Å². The van der Waals surface area contributed by atoms with E-state index in [4.69, 9.17) is 11.6 Å². The van der Waals surface area contributed by atoms with E-state index in [2.05, 4.69) is 45.8 Å². The van der Waals surface area contributed by atoms with Gasteiger partial charge in [-0.15, -0.1) is 11.3 Å². The molecule has 0 aliphatic carbocycles. The first kappa shape index (κ1) is 24.9. The van der Waals surface area contributed by atoms with E-state index >= 15 is 0 Å². The average Bonchev–Trinajstić information content (AvgIpc) is 3.48. The molecule has 0 saturated carbocycles. The molecule has 1 aliphatic heterocycles. The first-order valence-electron chi connectivity index (χ1n) is 11.2. The molecular formula is C24H28ClFN4O2S2. The largest absolute Gasteiger partial charge is 0.369 e. The lowest BCUT2D eigenvalue weighted by Crippen LogP contribution is -2.34. The summed E-state index contributed by atoms with van der Waals surface area (Å²) in [6, 6.07) is 11.3. The Morgan fingerprint density at radius 3 is 2.68 bits per heavy atom. The van der Waals surface area contributed by atoms with Gasteiger partial charge in [-0.25, -0.2) is 17.8 Å². The highest BCUT2D eigenvalue weighted by Gasteiger charge is 2.29. The van der Waals surface area contributed by atoms with Crippen molar-refractivity contribution in [2.24, 2.45) is 0 Å². The van der Waals surface area contributed by atoms with E-state index < -0.39 is 20.7 Å². The van der Waals surface area contributed by atoms with Crippen molar-refractivity contribution in [2.75, 3.05) is 29.8 Å². The zero-order valence-electron chi connectivity index (χ0n) is 19.2. The molecule has 6 nitrogen and oxygen atoms in total. The highest BCUT2D eigenvalue weighted by atomic mass is 35.5. The number of halogens is 2. The van der Waals surface area contributed by atoms with Crippen LogP contribution in [0.3, 0.4) is 0 Å². The van der Waals surface area contributed by atoms with Crippen molar-refractivity contribution in [3.63, 3.8) is 0 Å². The Balaban J connectivity index is 1.43. The Hall–Kier alpha value is -2.20. The SMILES string of the molecule is CCCc1ccc(CN2CCC(N(C)c3cc(F)c(S(=O)(=O)Nc4cscn4)cc3Cl)C2)cc1. The number of nitrogens with one attached hydrogen (secondary N) is 1. The van der Waals surface area contributed by atoms with E-state index in [1.165, 1.54) is 45.5 Å². The monoisotopic (exact) mass is 522 g/mol. The van der Waals surface area contributed by atoms with Crippen LogP contribution in [0.25, 0.3) is 0 Å². The maximum atomic E-state index is 14.9. The van der Waals surface area contributed by atoms with Crippen LogP contribution in [0.15, 0.2) is 52.2 Å². The number of aryl methyl sites for hydroxylation is 1. The van der Waals surface area contributed by atoms with Crippen LogP contribution >= 0.6 is 22.9 Å². The Kier molecular flexibility index (Phi) is 7.77. The quantitative estimate of drug-likeness (QED) is 0.407. The van der Waals surface area contributed by atoms with Crippen LogP contribution in [0.5, 0.6) is 0 Å². The Labute approximate surface area is 209 Å². The summed E-state index contributed by atoms with van der Waals surface area (Å²) in [7, 11) is -2.27. The lowest BCUT2D eigenvalue weighted by Gasteiger charge is -2.28. The van der Waals surface area contributed by atoms with E-state index in [0.717, 1.165) is 38.9 Å². The minimum absolute atomic E-state index is 0.145. The summed E-state index contributed by atoms with van der Waals surface area (Å²) in [5, 5.41) is 1.72. The van der Waals surface area contributed by atoms with Gasteiger partial charge in [-0.2, -0.15) is 0 Å². The maximum Gasteiger partial charge on any atom is 0.266 e. The zero-order valence-corrected chi connectivity index (χ0v) is 21.6. The highest BCUT2D eigenvalue weighted by Crippen LogP contribution is 2.33. The van der Waals surface area contributed by atoms with E-state index in [9.17, 15) is 12.8 Å². The topological polar surface area (TPSA) is 65.5 Å². The van der Waals surface area contributed by atoms with Crippen molar-refractivity contribution in [3.8, 4) is 0 Å². The predicted octanol–water partition coefficient (Wildman–Crippen LogP) is 5.40. The van der Waals surface area contributed by atoms with Crippen molar-refractivity contribution in [3.05, 3.63) is 69.3 Å². The minimum atomic E-state index is -4.14. The number of anilines is 2. The van der Waals surface area contributed by atoms with Gasteiger partial charge < -0.3 is 4.90 Å². The third-order valence-electron chi connectivity index (χ3n) is 6.11. The van der Waals surface area contributed by atoms with Crippen molar-refractivity contribution >= 4 is 44.5 Å². The number of rotatable bonds is 9. The average molecular weight is 523 g/mol. The molecule has 1 saturated heterocycles. The predicted molar refractivity (Wildman–Crippen MR) is 137 cm³/mol. The molecule has 1 fully saturated rings. The van der Waals surface area contributed by atoms with Crippen LogP contribution in [0, 0.1) is 5.82 Å². The van der Waals surface area contributed by atoms with Crippen LogP contribution in [0.1, 0.15) is 30.9 Å². The number of likely N-dealkylation sites (N-methyl/N-ethyl adjacent to an activating group) is 1. The van der Waals surface area contributed by atoms with Gasteiger partial charge in [0.1, 0.15) is 10.7 Å². The number of hydrogen-bond acceptors (Lipinski definition) is 6. The van der Waals surface area contributed by atoms with E-state index in [1.807, 2.05) is 11.9 Å². The van der Waals surface area contributed by atoms with Gasteiger partial charge in [0, 0.05) is 44.2 Å². The van der Waals surface area contributed by atoms with Gasteiger partial charge in [0.2, 0.25) is 0 Å². The summed E-state index contributed by atoms with van der Waals surface area (Å²) in [6.45, 7) is 4.78. The Morgan fingerprint density at radius 2 is 2.00 bits per heavy atom. The Bertz CT molecular complexity index is 1220. The number of likely N-dealkylation sites (tertiary alicyclic amines) is 1. The highest BCUT2D eigenvalue weighted by molar-refractivity contribution is 7.92. The van der Waals surface area contributed by atoms with E-state index in [-0.39, 0.29) is 16.9 Å². The molecule has 1 aliphatic rings. The van der Waals surface area contributed by atoms with Crippen LogP contribution in [0.4, 0.5) is 15.9 Å². The zero-order chi connectivity index (χ0) is 24.3. The lowest BCUT2D eigenvalue weighted by molar-refractivity contribution is 0.326. The molecule has 182 valence electrons. The molecule has 1 atom stereocenters. The number of thiazole rings is 1. The number of benzene rings is 2. The van der Waals surface area contributed by atoms with Crippen molar-refractivity contribution in [1.82, 2.24) is 9.88 Å².